The number of methoxy groups -OCH3 is 1. The van der Waals surface area contributed by atoms with Gasteiger partial charge in [0, 0.05) is 4.88 Å². The van der Waals surface area contributed by atoms with E-state index in [1.54, 1.807) is 14.0 Å². The van der Waals surface area contributed by atoms with Gasteiger partial charge in [0.05, 0.1) is 25.0 Å². The fourth-order valence-electron chi connectivity index (χ4n) is 3.12. The Kier molecular flexibility index (Phi) is 7.53. The number of nitrogens with one attached hydrogen (secondary N) is 2. The standard InChI is InChI=1S/C25H28N2O3S2/c1-6-30-23(28)18-15-21(16-10-8-7-9-11-16)32-22(18)27-24(31)26-19-14-17(25(2,3)4)12-13-20(19)29-5/h7-15H,6H2,1-5H3,(H2,26,27,31). The van der Waals surface area contributed by atoms with E-state index in [0.29, 0.717) is 28.0 Å². The first-order valence-electron chi connectivity index (χ1n) is 10.4. The smallest absolute Gasteiger partial charge is 0.341 e. The number of carbonyl (C=O) groups is 1. The minimum Gasteiger partial charge on any atom is -0.495 e. The molecule has 0 spiro atoms. The van der Waals surface area contributed by atoms with Crippen molar-refractivity contribution in [2.75, 3.05) is 24.4 Å². The van der Waals surface area contributed by atoms with Crippen molar-refractivity contribution in [2.24, 2.45) is 0 Å². The van der Waals surface area contributed by atoms with Crippen LogP contribution in [0.4, 0.5) is 10.7 Å². The number of carbonyl (C=O) groups excluding carboxylic acids is 1. The van der Waals surface area contributed by atoms with Crippen molar-refractivity contribution in [3.63, 3.8) is 0 Å². The molecule has 0 amide bonds. The van der Waals surface area contributed by atoms with Crippen LogP contribution < -0.4 is 15.4 Å². The molecule has 0 saturated heterocycles. The highest BCUT2D eigenvalue weighted by Crippen LogP contribution is 2.36. The van der Waals surface area contributed by atoms with Gasteiger partial charge >= 0.3 is 5.97 Å². The molecule has 2 N–H and O–H groups in total. The molecule has 5 nitrogen and oxygen atoms in total. The van der Waals surface area contributed by atoms with Crippen LogP contribution in [0.15, 0.2) is 54.6 Å². The van der Waals surface area contributed by atoms with Crippen LogP contribution in [0.25, 0.3) is 10.4 Å². The fraction of sp³-hybridized carbons (Fsp3) is 0.280. The number of thiophene rings is 1. The third-order valence-electron chi connectivity index (χ3n) is 4.83. The molecule has 1 heterocycles. The summed E-state index contributed by atoms with van der Waals surface area (Å²) in [7, 11) is 1.62. The van der Waals surface area contributed by atoms with Crippen molar-refractivity contribution in [2.45, 2.75) is 33.1 Å². The molecule has 32 heavy (non-hydrogen) atoms. The van der Waals surface area contributed by atoms with E-state index in [9.17, 15) is 4.79 Å². The second-order valence-corrected chi connectivity index (χ2v) is 9.64. The van der Waals surface area contributed by atoms with Crippen molar-refractivity contribution in [1.82, 2.24) is 0 Å². The minimum atomic E-state index is -0.386. The Labute approximate surface area is 198 Å². The Bertz CT molecular complexity index is 1100. The van der Waals surface area contributed by atoms with Gasteiger partial charge in [0.15, 0.2) is 5.11 Å². The normalized spacial score (nSPS) is 11.0. The summed E-state index contributed by atoms with van der Waals surface area (Å²) >= 11 is 7.03. The van der Waals surface area contributed by atoms with Crippen LogP contribution in [-0.2, 0) is 10.2 Å². The Hall–Kier alpha value is -2.90. The number of hydrogen-bond acceptors (Lipinski definition) is 5. The van der Waals surface area contributed by atoms with E-state index in [-0.39, 0.29) is 11.4 Å². The summed E-state index contributed by atoms with van der Waals surface area (Å²) in [5.41, 5.74) is 3.37. The fourth-order valence-corrected chi connectivity index (χ4v) is 4.45. The Balaban J connectivity index is 1.89. The molecule has 168 valence electrons. The maximum absolute atomic E-state index is 12.6. The predicted octanol–water partition coefficient (Wildman–Crippen LogP) is 6.71. The Morgan fingerprint density at radius 1 is 1.06 bits per heavy atom. The number of ether oxygens (including phenoxy) is 2. The average Bonchev–Trinajstić information content (AvgIpc) is 3.17. The molecule has 3 rings (SSSR count). The SMILES string of the molecule is CCOC(=O)c1cc(-c2ccccc2)sc1NC(=S)Nc1cc(C(C)(C)C)ccc1OC. The molecule has 0 atom stereocenters. The number of rotatable bonds is 6. The largest absolute Gasteiger partial charge is 0.495 e. The van der Waals surface area contributed by atoms with Crippen LogP contribution in [-0.4, -0.2) is 24.8 Å². The monoisotopic (exact) mass is 468 g/mol. The summed E-state index contributed by atoms with van der Waals surface area (Å²) in [6, 6.07) is 17.7. The average molecular weight is 469 g/mol. The van der Waals surface area contributed by atoms with Crippen LogP contribution in [0, 0.1) is 0 Å². The molecule has 3 aromatic rings. The van der Waals surface area contributed by atoms with Gasteiger partial charge in [-0.05, 0) is 53.9 Å². The summed E-state index contributed by atoms with van der Waals surface area (Å²) < 4.78 is 10.7. The van der Waals surface area contributed by atoms with Crippen molar-refractivity contribution < 1.29 is 14.3 Å². The molecular formula is C25H28N2O3S2. The van der Waals surface area contributed by atoms with Gasteiger partial charge in [-0.2, -0.15) is 0 Å². The van der Waals surface area contributed by atoms with Crippen LogP contribution in [0.2, 0.25) is 0 Å². The number of thiocarbonyl (C=S) groups is 1. The minimum absolute atomic E-state index is 0.0207. The zero-order valence-corrected chi connectivity index (χ0v) is 20.6. The molecule has 1 aromatic heterocycles. The van der Waals surface area contributed by atoms with E-state index in [0.717, 1.165) is 21.7 Å². The first-order valence-corrected chi connectivity index (χ1v) is 11.6. The van der Waals surface area contributed by atoms with E-state index < -0.39 is 0 Å². The molecular weight excluding hydrogens is 440 g/mol. The molecule has 2 aromatic carbocycles. The van der Waals surface area contributed by atoms with Crippen LogP contribution >= 0.6 is 23.6 Å². The van der Waals surface area contributed by atoms with Crippen molar-refractivity contribution in [3.8, 4) is 16.2 Å². The van der Waals surface area contributed by atoms with Gasteiger partial charge in [0.2, 0.25) is 0 Å². The van der Waals surface area contributed by atoms with Crippen molar-refractivity contribution in [1.29, 1.82) is 0 Å². The highest BCUT2D eigenvalue weighted by Gasteiger charge is 2.20. The molecule has 0 aliphatic heterocycles. The van der Waals surface area contributed by atoms with E-state index in [4.69, 9.17) is 21.7 Å². The summed E-state index contributed by atoms with van der Waals surface area (Å²) in [4.78, 5) is 13.5. The zero-order chi connectivity index (χ0) is 23.3. The van der Waals surface area contributed by atoms with E-state index in [1.165, 1.54) is 11.3 Å². The van der Waals surface area contributed by atoms with E-state index >= 15 is 0 Å². The summed E-state index contributed by atoms with van der Waals surface area (Å²) in [5, 5.41) is 7.39. The Morgan fingerprint density at radius 2 is 1.78 bits per heavy atom. The van der Waals surface area contributed by atoms with Crippen molar-refractivity contribution >= 4 is 45.3 Å². The molecule has 0 saturated carbocycles. The molecule has 0 aliphatic rings. The third kappa shape index (κ3) is 5.66. The summed E-state index contributed by atoms with van der Waals surface area (Å²) in [6.45, 7) is 8.54. The van der Waals surface area contributed by atoms with Gasteiger partial charge in [0.25, 0.3) is 0 Å². The first-order chi connectivity index (χ1) is 15.2. The predicted molar refractivity (Wildman–Crippen MR) is 137 cm³/mol. The van der Waals surface area contributed by atoms with E-state index in [1.807, 2.05) is 54.6 Å². The first kappa shape index (κ1) is 23.8. The highest BCUT2D eigenvalue weighted by atomic mass is 32.1. The van der Waals surface area contributed by atoms with E-state index in [2.05, 4.69) is 31.4 Å². The van der Waals surface area contributed by atoms with Gasteiger partial charge < -0.3 is 20.1 Å². The lowest BCUT2D eigenvalue weighted by Gasteiger charge is -2.21. The highest BCUT2D eigenvalue weighted by molar-refractivity contribution is 7.80. The zero-order valence-electron chi connectivity index (χ0n) is 18.9. The lowest BCUT2D eigenvalue weighted by atomic mass is 9.87. The number of esters is 1. The summed E-state index contributed by atoms with van der Waals surface area (Å²) in [5.74, 6) is 0.299. The van der Waals surface area contributed by atoms with Crippen LogP contribution in [0.3, 0.4) is 0 Å². The van der Waals surface area contributed by atoms with Crippen molar-refractivity contribution in [3.05, 3.63) is 65.7 Å². The molecule has 0 bridgehead atoms. The molecule has 7 heteroatoms. The quantitative estimate of drug-likeness (QED) is 0.310. The van der Waals surface area contributed by atoms with Crippen LogP contribution in [0.1, 0.15) is 43.6 Å². The van der Waals surface area contributed by atoms with Gasteiger partial charge in [-0.3, -0.25) is 0 Å². The van der Waals surface area contributed by atoms with Gasteiger partial charge in [0.1, 0.15) is 10.8 Å². The van der Waals surface area contributed by atoms with Gasteiger partial charge in [-0.15, -0.1) is 11.3 Å². The van der Waals surface area contributed by atoms with Crippen LogP contribution in [0.5, 0.6) is 5.75 Å². The molecule has 0 unspecified atom stereocenters. The summed E-state index contributed by atoms with van der Waals surface area (Å²) in [6.07, 6.45) is 0. The maximum atomic E-state index is 12.6. The second kappa shape index (κ2) is 10.1. The second-order valence-electron chi connectivity index (χ2n) is 8.18. The molecule has 0 radical (unpaired) electrons. The third-order valence-corrected chi connectivity index (χ3v) is 6.13. The lowest BCUT2D eigenvalue weighted by molar-refractivity contribution is 0.0528. The molecule has 0 fully saturated rings. The number of benzene rings is 2. The number of anilines is 2. The van der Waals surface area contributed by atoms with Gasteiger partial charge in [-0.25, -0.2) is 4.79 Å². The maximum Gasteiger partial charge on any atom is 0.341 e. The lowest BCUT2D eigenvalue weighted by Crippen LogP contribution is -2.21. The molecule has 0 aliphatic carbocycles. The Morgan fingerprint density at radius 3 is 2.41 bits per heavy atom. The van der Waals surface area contributed by atoms with Gasteiger partial charge in [-0.1, -0.05) is 57.2 Å². The topological polar surface area (TPSA) is 59.6 Å². The number of hydrogen-bond donors (Lipinski definition) is 2.